The summed E-state index contributed by atoms with van der Waals surface area (Å²) < 4.78 is 7.41. The Morgan fingerprint density at radius 1 is 1.36 bits per heavy atom. The highest BCUT2D eigenvalue weighted by Crippen LogP contribution is 2.25. The Morgan fingerprint density at radius 2 is 2.05 bits per heavy atom. The number of carbonyl (C=O) groups excluding carboxylic acids is 1. The van der Waals surface area contributed by atoms with E-state index in [0.717, 1.165) is 15.4 Å². The molecule has 0 radical (unpaired) electrons. The summed E-state index contributed by atoms with van der Waals surface area (Å²) in [5, 5.41) is 13.8. The van der Waals surface area contributed by atoms with Crippen molar-refractivity contribution >= 4 is 38.8 Å². The molecule has 0 bridgehead atoms. The van der Waals surface area contributed by atoms with Crippen molar-refractivity contribution in [3.05, 3.63) is 28.4 Å². The number of hydrogen-bond donors (Lipinski definition) is 1. The molecule has 0 saturated carbocycles. The molecule has 1 N–H and O–H groups in total. The number of nitrogens with zero attached hydrogens (tertiary/aromatic N) is 2. The van der Waals surface area contributed by atoms with Crippen LogP contribution in [0.4, 0.5) is 0 Å². The molecule has 22 heavy (non-hydrogen) atoms. The van der Waals surface area contributed by atoms with Gasteiger partial charge in [-0.3, -0.25) is 14.3 Å². The van der Waals surface area contributed by atoms with Crippen molar-refractivity contribution in [3.8, 4) is 0 Å². The summed E-state index contributed by atoms with van der Waals surface area (Å²) in [7, 11) is 0. The molecule has 0 saturated heterocycles. The molecule has 0 spiro atoms. The van der Waals surface area contributed by atoms with Crippen LogP contribution in [0.2, 0.25) is 0 Å². The Labute approximate surface area is 136 Å². The van der Waals surface area contributed by atoms with E-state index in [0.29, 0.717) is 5.52 Å². The Bertz CT molecular complexity index is 731. The number of rotatable bonds is 4. The van der Waals surface area contributed by atoms with Crippen molar-refractivity contribution in [1.29, 1.82) is 0 Å². The maximum atomic E-state index is 11.9. The highest BCUT2D eigenvalue weighted by atomic mass is 79.9. The van der Waals surface area contributed by atoms with Crippen LogP contribution in [0.3, 0.4) is 0 Å². The molecule has 0 atom stereocenters. The van der Waals surface area contributed by atoms with Gasteiger partial charge in [0.15, 0.2) is 0 Å². The number of carboxylic acid groups (broad SMARTS) is 1. The van der Waals surface area contributed by atoms with E-state index in [-0.39, 0.29) is 18.9 Å². The van der Waals surface area contributed by atoms with Crippen LogP contribution in [0.1, 0.15) is 26.3 Å². The minimum absolute atomic E-state index is 0.137. The lowest BCUT2D eigenvalue weighted by Gasteiger charge is -2.19. The van der Waals surface area contributed by atoms with E-state index in [9.17, 15) is 9.59 Å². The molecular weight excluding hydrogens is 352 g/mol. The van der Waals surface area contributed by atoms with E-state index < -0.39 is 11.6 Å². The van der Waals surface area contributed by atoms with E-state index in [1.165, 1.54) is 4.68 Å². The average molecular weight is 369 g/mol. The molecule has 0 aliphatic rings. The monoisotopic (exact) mass is 368 g/mol. The number of halogens is 1. The number of carbonyl (C=O) groups is 2. The van der Waals surface area contributed by atoms with Gasteiger partial charge < -0.3 is 9.84 Å². The zero-order valence-corrected chi connectivity index (χ0v) is 14.2. The molecule has 1 aromatic carbocycles. The molecule has 6 nitrogen and oxygen atoms in total. The second kappa shape index (κ2) is 6.08. The maximum absolute atomic E-state index is 11.9. The van der Waals surface area contributed by atoms with E-state index >= 15 is 0 Å². The Kier molecular flexibility index (Phi) is 4.55. The van der Waals surface area contributed by atoms with Crippen LogP contribution in [0.15, 0.2) is 22.8 Å². The molecule has 7 heteroatoms. The third-order valence-electron chi connectivity index (χ3n) is 2.77. The molecule has 0 unspecified atom stereocenters. The van der Waals surface area contributed by atoms with Crippen LogP contribution in [-0.2, 0) is 27.3 Å². The fraction of sp³-hybridized carbons (Fsp3) is 0.400. The van der Waals surface area contributed by atoms with Gasteiger partial charge in [-0.25, -0.2) is 0 Å². The second-order valence-corrected chi connectivity index (χ2v) is 6.84. The molecule has 118 valence electrons. The van der Waals surface area contributed by atoms with E-state index in [1.807, 2.05) is 26.8 Å². The first-order valence-electron chi connectivity index (χ1n) is 6.73. The second-order valence-electron chi connectivity index (χ2n) is 5.99. The van der Waals surface area contributed by atoms with Gasteiger partial charge in [0.25, 0.3) is 0 Å². The summed E-state index contributed by atoms with van der Waals surface area (Å²) in [5.41, 5.74) is 0.915. The van der Waals surface area contributed by atoms with Crippen molar-refractivity contribution < 1.29 is 19.4 Å². The molecule has 2 aromatic rings. The van der Waals surface area contributed by atoms with Crippen LogP contribution < -0.4 is 0 Å². The van der Waals surface area contributed by atoms with Gasteiger partial charge >= 0.3 is 11.9 Å². The average Bonchev–Trinajstić information content (AvgIpc) is 2.67. The molecule has 1 heterocycles. The summed E-state index contributed by atoms with van der Waals surface area (Å²) in [5.74, 6) is -1.27. The Morgan fingerprint density at radius 3 is 2.64 bits per heavy atom. The fourth-order valence-corrected chi connectivity index (χ4v) is 2.50. The first kappa shape index (κ1) is 16.5. The first-order valence-corrected chi connectivity index (χ1v) is 7.52. The first-order chi connectivity index (χ1) is 10.1. The molecule has 0 fully saturated rings. The number of fused-ring (bicyclic) bond motifs is 1. The van der Waals surface area contributed by atoms with E-state index in [1.54, 1.807) is 12.3 Å². The van der Waals surface area contributed by atoms with Crippen molar-refractivity contribution in [2.24, 2.45) is 0 Å². The van der Waals surface area contributed by atoms with Crippen molar-refractivity contribution in [3.63, 3.8) is 0 Å². The van der Waals surface area contributed by atoms with Gasteiger partial charge in [0.2, 0.25) is 0 Å². The number of carboxylic acids is 1. The van der Waals surface area contributed by atoms with Gasteiger partial charge in [-0.05, 0) is 38.5 Å². The SMILES string of the molecule is CC(C)(C)OC(=O)Cc1cc2cn(CC(=O)O)nc2cc1Br. The van der Waals surface area contributed by atoms with Crippen molar-refractivity contribution in [2.75, 3.05) is 0 Å². The summed E-state index contributed by atoms with van der Waals surface area (Å²) in [4.78, 5) is 22.7. The molecule has 2 rings (SSSR count). The minimum Gasteiger partial charge on any atom is -0.480 e. The molecule has 0 aliphatic carbocycles. The quantitative estimate of drug-likeness (QED) is 0.839. The highest BCUT2D eigenvalue weighted by Gasteiger charge is 2.18. The van der Waals surface area contributed by atoms with Crippen molar-refractivity contribution in [2.45, 2.75) is 39.3 Å². The molecular formula is C15H17BrN2O4. The lowest BCUT2D eigenvalue weighted by molar-refractivity contribution is -0.154. The number of benzene rings is 1. The summed E-state index contributed by atoms with van der Waals surface area (Å²) >= 11 is 3.41. The predicted octanol–water partition coefficient (Wildman–Crippen LogP) is 2.77. The number of ether oxygens (including phenoxy) is 1. The minimum atomic E-state index is -0.958. The van der Waals surface area contributed by atoms with Gasteiger partial charge in [0.05, 0.1) is 11.9 Å². The topological polar surface area (TPSA) is 81.4 Å². The maximum Gasteiger partial charge on any atom is 0.325 e. The summed E-state index contributed by atoms with van der Waals surface area (Å²) in [6, 6.07) is 3.59. The smallest absolute Gasteiger partial charge is 0.325 e. The van der Waals surface area contributed by atoms with E-state index in [2.05, 4.69) is 21.0 Å². The van der Waals surface area contributed by atoms with Gasteiger partial charge in [0, 0.05) is 16.1 Å². The number of aliphatic carboxylic acids is 1. The van der Waals surface area contributed by atoms with Gasteiger partial charge in [-0.1, -0.05) is 15.9 Å². The zero-order chi connectivity index (χ0) is 16.5. The summed E-state index contributed by atoms with van der Waals surface area (Å²) in [6.45, 7) is 5.25. The largest absolute Gasteiger partial charge is 0.480 e. The Hall–Kier alpha value is -1.89. The number of esters is 1. The van der Waals surface area contributed by atoms with Gasteiger partial charge in [0.1, 0.15) is 12.1 Å². The zero-order valence-electron chi connectivity index (χ0n) is 12.6. The predicted molar refractivity (Wildman–Crippen MR) is 84.6 cm³/mol. The van der Waals surface area contributed by atoms with Gasteiger partial charge in [-0.2, -0.15) is 5.10 Å². The third kappa shape index (κ3) is 4.30. The van der Waals surface area contributed by atoms with Crippen LogP contribution in [-0.4, -0.2) is 32.4 Å². The van der Waals surface area contributed by atoms with Crippen molar-refractivity contribution in [1.82, 2.24) is 9.78 Å². The molecule has 0 amide bonds. The van der Waals surface area contributed by atoms with Crippen LogP contribution in [0.25, 0.3) is 10.9 Å². The standard InChI is InChI=1S/C15H17BrN2O4/c1-15(2,3)22-14(21)5-9-4-10-7-18(8-13(19)20)17-12(10)6-11(9)16/h4,6-7H,5,8H2,1-3H3,(H,19,20). The normalized spacial score (nSPS) is 11.6. The lowest BCUT2D eigenvalue weighted by Crippen LogP contribution is -2.25. The highest BCUT2D eigenvalue weighted by molar-refractivity contribution is 9.10. The van der Waals surface area contributed by atoms with Crippen LogP contribution in [0.5, 0.6) is 0 Å². The van der Waals surface area contributed by atoms with E-state index in [4.69, 9.17) is 9.84 Å². The van der Waals surface area contributed by atoms with Crippen LogP contribution in [0, 0.1) is 0 Å². The molecule has 0 aliphatic heterocycles. The molecule has 1 aromatic heterocycles. The number of hydrogen-bond acceptors (Lipinski definition) is 4. The third-order valence-corrected chi connectivity index (χ3v) is 3.51. The van der Waals surface area contributed by atoms with Crippen LogP contribution >= 0.6 is 15.9 Å². The lowest BCUT2D eigenvalue weighted by atomic mass is 10.1. The fourth-order valence-electron chi connectivity index (χ4n) is 2.03. The van der Waals surface area contributed by atoms with Gasteiger partial charge in [-0.15, -0.1) is 0 Å². The summed E-state index contributed by atoms with van der Waals surface area (Å²) in [6.07, 6.45) is 1.78. The Balaban J connectivity index is 2.25. The number of aromatic nitrogens is 2.